The van der Waals surface area contributed by atoms with Crippen molar-refractivity contribution in [1.29, 1.82) is 0 Å². The fourth-order valence-electron chi connectivity index (χ4n) is 1.87. The van der Waals surface area contributed by atoms with Crippen LogP contribution in [0.1, 0.15) is 44.4 Å². The first kappa shape index (κ1) is 15.8. The maximum atomic E-state index is 13.5. The van der Waals surface area contributed by atoms with Gasteiger partial charge in [-0.1, -0.05) is 30.3 Å². The number of benzene rings is 1. The van der Waals surface area contributed by atoms with Gasteiger partial charge in [0.25, 0.3) is 0 Å². The zero-order valence-corrected chi connectivity index (χ0v) is 12.7. The highest BCUT2D eigenvalue weighted by molar-refractivity contribution is 5.86. The lowest BCUT2D eigenvalue weighted by Crippen LogP contribution is -2.16. The molecule has 2 rings (SSSR count). The highest BCUT2D eigenvalue weighted by Gasteiger charge is 2.14. The number of alkyl halides is 1. The first-order valence-electron chi connectivity index (χ1n) is 6.95. The Hall–Kier alpha value is -2.57. The summed E-state index contributed by atoms with van der Waals surface area (Å²) in [4.78, 5) is 23.1. The molecule has 1 heterocycles. The van der Waals surface area contributed by atoms with Crippen LogP contribution in [-0.4, -0.2) is 20.9 Å². The van der Waals surface area contributed by atoms with Crippen LogP contribution in [0.15, 0.2) is 30.3 Å². The van der Waals surface area contributed by atoms with Crippen LogP contribution in [0.3, 0.4) is 0 Å². The second kappa shape index (κ2) is 6.93. The molecule has 0 saturated carbocycles. The summed E-state index contributed by atoms with van der Waals surface area (Å²) in [6, 6.07) is 9.64. The van der Waals surface area contributed by atoms with Gasteiger partial charge in [0.2, 0.25) is 17.8 Å². The normalized spacial score (nSPS) is 13.3. The van der Waals surface area contributed by atoms with Crippen LogP contribution in [0.25, 0.3) is 0 Å². The lowest BCUT2D eigenvalue weighted by Gasteiger charge is -2.15. The Morgan fingerprint density at radius 2 is 1.73 bits per heavy atom. The number of aromatic nitrogens is 3. The number of nitrogens with zero attached hydrogens (tertiary/aromatic N) is 3. The Kier molecular flexibility index (Phi) is 4.98. The maximum absolute atomic E-state index is 13.5. The minimum atomic E-state index is -1.36. The van der Waals surface area contributed by atoms with E-state index < -0.39 is 6.17 Å². The lowest BCUT2D eigenvalue weighted by molar-refractivity contribution is -0.114. The van der Waals surface area contributed by atoms with Gasteiger partial charge in [-0.2, -0.15) is 15.0 Å². The summed E-state index contributed by atoms with van der Waals surface area (Å²) in [7, 11) is 0. The second-order valence-electron chi connectivity index (χ2n) is 4.91. The molecule has 22 heavy (non-hydrogen) atoms. The van der Waals surface area contributed by atoms with Crippen molar-refractivity contribution >= 4 is 17.8 Å². The Bertz CT molecular complexity index is 648. The summed E-state index contributed by atoms with van der Waals surface area (Å²) in [6.45, 7) is 4.61. The van der Waals surface area contributed by atoms with E-state index in [0.29, 0.717) is 0 Å². The highest BCUT2D eigenvalue weighted by Crippen LogP contribution is 2.19. The quantitative estimate of drug-likeness (QED) is 0.887. The van der Waals surface area contributed by atoms with Gasteiger partial charge in [-0.05, 0) is 19.4 Å². The summed E-state index contributed by atoms with van der Waals surface area (Å²) in [6.07, 6.45) is -1.36. The van der Waals surface area contributed by atoms with Crippen molar-refractivity contribution in [2.75, 3.05) is 10.6 Å². The number of halogens is 1. The summed E-state index contributed by atoms with van der Waals surface area (Å²) in [5.74, 6) is -0.105. The van der Waals surface area contributed by atoms with Crippen molar-refractivity contribution in [3.05, 3.63) is 41.7 Å². The Morgan fingerprint density at radius 3 is 2.32 bits per heavy atom. The van der Waals surface area contributed by atoms with E-state index in [0.717, 1.165) is 5.56 Å². The molecule has 0 aliphatic carbocycles. The molecular formula is C15H18FN5O. The molecule has 2 atom stereocenters. The second-order valence-corrected chi connectivity index (χ2v) is 4.91. The molecule has 2 N–H and O–H groups in total. The summed E-state index contributed by atoms with van der Waals surface area (Å²) < 4.78 is 13.5. The first-order chi connectivity index (χ1) is 10.5. The van der Waals surface area contributed by atoms with Crippen molar-refractivity contribution in [2.45, 2.75) is 33.0 Å². The number of carbonyl (C=O) groups is 1. The zero-order valence-electron chi connectivity index (χ0n) is 12.7. The molecule has 0 fully saturated rings. The number of rotatable bonds is 5. The molecule has 1 aromatic heterocycles. The lowest BCUT2D eigenvalue weighted by atomic mass is 10.1. The van der Waals surface area contributed by atoms with Crippen molar-refractivity contribution in [2.24, 2.45) is 0 Å². The van der Waals surface area contributed by atoms with Gasteiger partial charge in [-0.25, -0.2) is 4.39 Å². The van der Waals surface area contributed by atoms with E-state index >= 15 is 0 Å². The maximum Gasteiger partial charge on any atom is 0.234 e. The topological polar surface area (TPSA) is 79.8 Å². The van der Waals surface area contributed by atoms with Gasteiger partial charge >= 0.3 is 0 Å². The van der Waals surface area contributed by atoms with E-state index in [4.69, 9.17) is 0 Å². The average molecular weight is 303 g/mol. The largest absolute Gasteiger partial charge is 0.348 e. The molecule has 1 amide bonds. The third-order valence-corrected chi connectivity index (χ3v) is 2.94. The monoisotopic (exact) mass is 303 g/mol. The van der Waals surface area contributed by atoms with E-state index in [1.807, 2.05) is 37.3 Å². The van der Waals surface area contributed by atoms with E-state index in [2.05, 4.69) is 25.6 Å². The number of hydrogen-bond acceptors (Lipinski definition) is 5. The molecule has 7 heteroatoms. The van der Waals surface area contributed by atoms with Gasteiger partial charge in [0, 0.05) is 6.92 Å². The Labute approximate surface area is 128 Å². The van der Waals surface area contributed by atoms with Crippen molar-refractivity contribution in [3.63, 3.8) is 0 Å². The van der Waals surface area contributed by atoms with Gasteiger partial charge in [-0.15, -0.1) is 0 Å². The van der Waals surface area contributed by atoms with Crippen molar-refractivity contribution in [3.8, 4) is 0 Å². The Balaban J connectivity index is 2.25. The van der Waals surface area contributed by atoms with Gasteiger partial charge in [0.15, 0.2) is 12.0 Å². The molecule has 0 aliphatic heterocycles. The smallest absolute Gasteiger partial charge is 0.234 e. The first-order valence-corrected chi connectivity index (χ1v) is 6.95. The number of anilines is 2. The Morgan fingerprint density at radius 1 is 1.09 bits per heavy atom. The van der Waals surface area contributed by atoms with Crippen LogP contribution in [0.2, 0.25) is 0 Å². The van der Waals surface area contributed by atoms with Crippen LogP contribution >= 0.6 is 0 Å². The predicted octanol–water partition coefficient (Wildman–Crippen LogP) is 3.03. The number of nitrogens with one attached hydrogen (secondary N) is 2. The standard InChI is InChI=1S/C15H18FN5O/c1-9(16)13-19-14(21-15(20-13)18-11(3)22)17-10(2)12-7-5-4-6-8-12/h4-10H,1-3H3,(H2,17,18,19,20,21,22). The van der Waals surface area contributed by atoms with E-state index in [-0.39, 0.29) is 29.7 Å². The van der Waals surface area contributed by atoms with E-state index in [1.54, 1.807) is 0 Å². The van der Waals surface area contributed by atoms with E-state index in [1.165, 1.54) is 13.8 Å². The molecular weight excluding hydrogens is 285 g/mol. The van der Waals surface area contributed by atoms with Crippen LogP contribution in [-0.2, 0) is 4.79 Å². The van der Waals surface area contributed by atoms with Crippen molar-refractivity contribution < 1.29 is 9.18 Å². The van der Waals surface area contributed by atoms with E-state index in [9.17, 15) is 9.18 Å². The molecule has 116 valence electrons. The summed E-state index contributed by atoms with van der Waals surface area (Å²) in [5.41, 5.74) is 1.04. The minimum Gasteiger partial charge on any atom is -0.348 e. The molecule has 0 aliphatic rings. The SMILES string of the molecule is CC(=O)Nc1nc(NC(C)c2ccccc2)nc(C(C)F)n1. The molecule has 1 aromatic carbocycles. The van der Waals surface area contributed by atoms with Crippen LogP contribution in [0.5, 0.6) is 0 Å². The number of hydrogen-bond donors (Lipinski definition) is 2. The highest BCUT2D eigenvalue weighted by atomic mass is 19.1. The zero-order chi connectivity index (χ0) is 16.1. The average Bonchev–Trinajstić information content (AvgIpc) is 2.47. The summed E-state index contributed by atoms with van der Waals surface area (Å²) in [5, 5.41) is 5.53. The number of amides is 1. The van der Waals surface area contributed by atoms with Gasteiger partial charge < -0.3 is 5.32 Å². The number of carbonyl (C=O) groups excluding carboxylic acids is 1. The fraction of sp³-hybridized carbons (Fsp3) is 0.333. The molecule has 2 unspecified atom stereocenters. The van der Waals surface area contributed by atoms with Crippen LogP contribution in [0.4, 0.5) is 16.3 Å². The van der Waals surface area contributed by atoms with Gasteiger partial charge in [0.1, 0.15) is 0 Å². The fourth-order valence-corrected chi connectivity index (χ4v) is 1.87. The van der Waals surface area contributed by atoms with Crippen LogP contribution < -0.4 is 10.6 Å². The van der Waals surface area contributed by atoms with Gasteiger partial charge in [-0.3, -0.25) is 10.1 Å². The van der Waals surface area contributed by atoms with Gasteiger partial charge in [0.05, 0.1) is 6.04 Å². The van der Waals surface area contributed by atoms with Crippen molar-refractivity contribution in [1.82, 2.24) is 15.0 Å². The molecule has 0 bridgehead atoms. The molecule has 0 radical (unpaired) electrons. The molecule has 0 saturated heterocycles. The van der Waals surface area contributed by atoms with Crippen LogP contribution in [0, 0.1) is 0 Å². The third kappa shape index (κ3) is 4.21. The predicted molar refractivity (Wildman–Crippen MR) is 82.1 cm³/mol. The summed E-state index contributed by atoms with van der Waals surface area (Å²) >= 11 is 0. The molecule has 6 nitrogen and oxygen atoms in total. The molecule has 2 aromatic rings. The third-order valence-electron chi connectivity index (χ3n) is 2.94. The minimum absolute atomic E-state index is 0.0264. The molecule has 0 spiro atoms.